The minimum atomic E-state index is -0.952. The van der Waals surface area contributed by atoms with Crippen LogP contribution in [-0.2, 0) is 6.54 Å². The van der Waals surface area contributed by atoms with Crippen molar-refractivity contribution >= 4 is 11.8 Å². The lowest BCUT2D eigenvalue weighted by Crippen LogP contribution is -2.03. The summed E-state index contributed by atoms with van der Waals surface area (Å²) in [5.41, 5.74) is 1.42. The first-order valence-corrected chi connectivity index (χ1v) is 5.62. The van der Waals surface area contributed by atoms with Gasteiger partial charge in [0.15, 0.2) is 0 Å². The molecule has 2 N–H and O–H groups in total. The molecule has 5 heteroatoms. The number of carbonyl (C=O) groups is 1. The highest BCUT2D eigenvalue weighted by Crippen LogP contribution is 2.09. The summed E-state index contributed by atoms with van der Waals surface area (Å²) in [5.74, 6) is -0.369. The number of anilines is 1. The molecule has 5 nitrogen and oxygen atoms in total. The number of rotatable bonds is 4. The maximum Gasteiger partial charge on any atom is 0.335 e. The maximum absolute atomic E-state index is 10.8. The Morgan fingerprint density at radius 2 is 2.11 bits per heavy atom. The van der Waals surface area contributed by atoms with Crippen molar-refractivity contribution in [3.8, 4) is 6.07 Å². The van der Waals surface area contributed by atoms with Crippen molar-refractivity contribution in [1.29, 1.82) is 5.26 Å². The summed E-state index contributed by atoms with van der Waals surface area (Å²) in [6, 6.07) is 13.7. The number of pyridine rings is 1. The minimum Gasteiger partial charge on any atom is -0.478 e. The molecule has 0 aliphatic heterocycles. The third-order valence-corrected chi connectivity index (χ3v) is 2.51. The molecular weight excluding hydrogens is 242 g/mol. The minimum absolute atomic E-state index is 0.248. The number of nitrogens with one attached hydrogen (secondary N) is 1. The molecule has 0 unspecified atom stereocenters. The fraction of sp³-hybridized carbons (Fsp3) is 0.0714. The Morgan fingerprint density at radius 3 is 2.84 bits per heavy atom. The summed E-state index contributed by atoms with van der Waals surface area (Å²) in [5, 5.41) is 20.7. The smallest absolute Gasteiger partial charge is 0.335 e. The van der Waals surface area contributed by atoms with E-state index < -0.39 is 5.97 Å². The van der Waals surface area contributed by atoms with Gasteiger partial charge in [-0.1, -0.05) is 18.2 Å². The van der Waals surface area contributed by atoms with Gasteiger partial charge in [0.25, 0.3) is 0 Å². The third kappa shape index (κ3) is 3.30. The maximum atomic E-state index is 10.8. The summed E-state index contributed by atoms with van der Waals surface area (Å²) >= 11 is 0. The van der Waals surface area contributed by atoms with Crippen molar-refractivity contribution in [3.63, 3.8) is 0 Å². The van der Waals surface area contributed by atoms with Crippen LogP contribution >= 0.6 is 0 Å². The predicted octanol–water partition coefficient (Wildman–Crippen LogP) is 2.26. The molecular formula is C14H11N3O2. The zero-order valence-electron chi connectivity index (χ0n) is 10.00. The van der Waals surface area contributed by atoms with Crippen molar-refractivity contribution < 1.29 is 9.90 Å². The zero-order chi connectivity index (χ0) is 13.7. The number of hydrogen-bond acceptors (Lipinski definition) is 4. The van der Waals surface area contributed by atoms with E-state index in [-0.39, 0.29) is 5.56 Å². The lowest BCUT2D eigenvalue weighted by atomic mass is 10.1. The zero-order valence-corrected chi connectivity index (χ0v) is 10.00. The van der Waals surface area contributed by atoms with E-state index in [1.54, 1.807) is 36.4 Å². The summed E-state index contributed by atoms with van der Waals surface area (Å²) in [7, 11) is 0. The van der Waals surface area contributed by atoms with E-state index in [1.165, 1.54) is 0 Å². The van der Waals surface area contributed by atoms with E-state index in [1.807, 2.05) is 12.1 Å². The Morgan fingerprint density at radius 1 is 1.32 bits per heavy atom. The van der Waals surface area contributed by atoms with Gasteiger partial charge in [-0.2, -0.15) is 5.26 Å². The molecule has 0 saturated carbocycles. The molecule has 1 aromatic carbocycles. The standard InChI is InChI=1S/C14H11N3O2/c15-8-12-5-2-6-13(17-12)16-9-10-3-1-4-11(7-10)14(18)19/h1-7H,9H2,(H,16,17)(H,18,19). The van der Waals surface area contributed by atoms with Gasteiger partial charge in [-0.3, -0.25) is 0 Å². The van der Waals surface area contributed by atoms with Crippen LogP contribution in [0.1, 0.15) is 21.6 Å². The quantitative estimate of drug-likeness (QED) is 0.872. The first kappa shape index (κ1) is 12.6. The molecule has 0 aliphatic rings. The average molecular weight is 253 g/mol. The summed E-state index contributed by atoms with van der Waals surface area (Å²) in [6.07, 6.45) is 0. The van der Waals surface area contributed by atoms with E-state index in [0.29, 0.717) is 18.1 Å². The van der Waals surface area contributed by atoms with Crippen molar-refractivity contribution in [3.05, 3.63) is 59.3 Å². The molecule has 0 fully saturated rings. The largest absolute Gasteiger partial charge is 0.478 e. The molecule has 19 heavy (non-hydrogen) atoms. The van der Waals surface area contributed by atoms with E-state index in [4.69, 9.17) is 10.4 Å². The van der Waals surface area contributed by atoms with Crippen molar-refractivity contribution in [1.82, 2.24) is 4.98 Å². The summed E-state index contributed by atoms with van der Waals surface area (Å²) in [6.45, 7) is 0.447. The van der Waals surface area contributed by atoms with Gasteiger partial charge in [-0.25, -0.2) is 9.78 Å². The van der Waals surface area contributed by atoms with Crippen LogP contribution in [-0.4, -0.2) is 16.1 Å². The Hall–Kier alpha value is -2.87. The predicted molar refractivity (Wildman–Crippen MR) is 69.7 cm³/mol. The van der Waals surface area contributed by atoms with E-state index in [9.17, 15) is 4.79 Å². The summed E-state index contributed by atoms with van der Waals surface area (Å²) in [4.78, 5) is 14.9. The van der Waals surface area contributed by atoms with Gasteiger partial charge in [-0.15, -0.1) is 0 Å². The molecule has 1 aromatic heterocycles. The van der Waals surface area contributed by atoms with Gasteiger partial charge in [-0.05, 0) is 29.8 Å². The highest BCUT2D eigenvalue weighted by Gasteiger charge is 2.03. The second-order valence-corrected chi connectivity index (χ2v) is 3.88. The SMILES string of the molecule is N#Cc1cccc(NCc2cccc(C(=O)O)c2)n1. The first-order valence-electron chi connectivity index (χ1n) is 5.62. The number of hydrogen-bond donors (Lipinski definition) is 2. The Bertz CT molecular complexity index is 647. The molecule has 2 aromatic rings. The van der Waals surface area contributed by atoms with Gasteiger partial charge in [0.2, 0.25) is 0 Å². The molecule has 0 radical (unpaired) electrons. The normalized spacial score (nSPS) is 9.63. The van der Waals surface area contributed by atoms with Gasteiger partial charge >= 0.3 is 5.97 Å². The molecule has 0 atom stereocenters. The van der Waals surface area contributed by atoms with Crippen LogP contribution < -0.4 is 5.32 Å². The van der Waals surface area contributed by atoms with Gasteiger partial charge in [0.1, 0.15) is 17.6 Å². The van der Waals surface area contributed by atoms with E-state index in [2.05, 4.69) is 10.3 Å². The fourth-order valence-electron chi connectivity index (χ4n) is 1.60. The third-order valence-electron chi connectivity index (χ3n) is 2.51. The van der Waals surface area contributed by atoms with Crippen LogP contribution in [0.3, 0.4) is 0 Å². The summed E-state index contributed by atoms with van der Waals surface area (Å²) < 4.78 is 0. The first-order chi connectivity index (χ1) is 9.19. The lowest BCUT2D eigenvalue weighted by Gasteiger charge is -2.06. The highest BCUT2D eigenvalue weighted by atomic mass is 16.4. The molecule has 0 amide bonds. The Balaban J connectivity index is 2.08. The molecule has 0 spiro atoms. The second-order valence-electron chi connectivity index (χ2n) is 3.88. The van der Waals surface area contributed by atoms with Gasteiger partial charge in [0, 0.05) is 6.54 Å². The van der Waals surface area contributed by atoms with Crippen molar-refractivity contribution in [2.24, 2.45) is 0 Å². The fourth-order valence-corrected chi connectivity index (χ4v) is 1.60. The van der Waals surface area contributed by atoms with Crippen molar-refractivity contribution in [2.45, 2.75) is 6.54 Å². The topological polar surface area (TPSA) is 86.0 Å². The number of carboxylic acid groups (broad SMARTS) is 1. The Labute approximate surface area is 110 Å². The van der Waals surface area contributed by atoms with Crippen LogP contribution in [0.25, 0.3) is 0 Å². The molecule has 94 valence electrons. The average Bonchev–Trinajstić information content (AvgIpc) is 2.45. The van der Waals surface area contributed by atoms with Crippen LogP contribution in [0.15, 0.2) is 42.5 Å². The number of aromatic nitrogens is 1. The molecule has 1 heterocycles. The lowest BCUT2D eigenvalue weighted by molar-refractivity contribution is 0.0697. The highest BCUT2D eigenvalue weighted by molar-refractivity contribution is 5.87. The number of nitrogens with zero attached hydrogens (tertiary/aromatic N) is 2. The number of benzene rings is 1. The number of nitriles is 1. The number of carboxylic acids is 1. The molecule has 2 rings (SSSR count). The van der Waals surface area contributed by atoms with Crippen molar-refractivity contribution in [2.75, 3.05) is 5.32 Å². The van der Waals surface area contributed by atoms with E-state index in [0.717, 1.165) is 5.56 Å². The second kappa shape index (κ2) is 5.65. The van der Waals surface area contributed by atoms with Crippen LogP contribution in [0, 0.1) is 11.3 Å². The van der Waals surface area contributed by atoms with Gasteiger partial charge < -0.3 is 10.4 Å². The van der Waals surface area contributed by atoms with Crippen LogP contribution in [0.5, 0.6) is 0 Å². The molecule has 0 saturated heterocycles. The number of aromatic carboxylic acids is 1. The van der Waals surface area contributed by atoms with Gasteiger partial charge in [0.05, 0.1) is 5.56 Å². The van der Waals surface area contributed by atoms with E-state index >= 15 is 0 Å². The van der Waals surface area contributed by atoms with Crippen LogP contribution in [0.2, 0.25) is 0 Å². The molecule has 0 aliphatic carbocycles. The van der Waals surface area contributed by atoms with Crippen LogP contribution in [0.4, 0.5) is 5.82 Å². The monoisotopic (exact) mass is 253 g/mol. The molecule has 0 bridgehead atoms. The Kier molecular flexibility index (Phi) is 3.74.